The van der Waals surface area contributed by atoms with Crippen LogP contribution in [0.25, 0.3) is 0 Å². The molecule has 8 heteroatoms. The number of hydrogen-bond donors (Lipinski definition) is 2. The van der Waals surface area contributed by atoms with Gasteiger partial charge in [-0.1, -0.05) is 18.7 Å². The average molecular weight is 495 g/mol. The van der Waals surface area contributed by atoms with Gasteiger partial charge >= 0.3 is 0 Å². The zero-order valence-electron chi connectivity index (χ0n) is 14.5. The second-order valence-electron chi connectivity index (χ2n) is 5.37. The smallest absolute Gasteiger partial charge is 0.271 e. The van der Waals surface area contributed by atoms with Gasteiger partial charge in [0.25, 0.3) is 5.91 Å². The summed E-state index contributed by atoms with van der Waals surface area (Å²) in [6.45, 7) is 5.41. The summed E-state index contributed by atoms with van der Waals surface area (Å²) in [7, 11) is 0. The molecular formula is C19H17Br2N3O3. The van der Waals surface area contributed by atoms with Gasteiger partial charge in [0.1, 0.15) is 12.4 Å². The van der Waals surface area contributed by atoms with Crippen LogP contribution >= 0.6 is 31.9 Å². The van der Waals surface area contributed by atoms with Crippen LogP contribution in [0.3, 0.4) is 0 Å². The average Bonchev–Trinajstić information content (AvgIpc) is 2.60. The number of carbonyl (C=O) groups excluding carboxylic acids is 2. The Morgan fingerprint density at radius 3 is 2.56 bits per heavy atom. The van der Waals surface area contributed by atoms with Crippen molar-refractivity contribution in [3.05, 3.63) is 69.1 Å². The topological polar surface area (TPSA) is 79.8 Å². The number of ether oxygens (including phenoxy) is 1. The molecule has 2 aromatic rings. The van der Waals surface area contributed by atoms with Gasteiger partial charge in [0.05, 0.1) is 15.2 Å². The molecule has 27 heavy (non-hydrogen) atoms. The zero-order chi connectivity index (χ0) is 19.8. The molecule has 0 aliphatic carbocycles. The molecule has 0 aliphatic rings. The van der Waals surface area contributed by atoms with E-state index in [1.165, 1.54) is 13.1 Å². The lowest BCUT2D eigenvalue weighted by molar-refractivity contribution is -0.114. The summed E-state index contributed by atoms with van der Waals surface area (Å²) < 4.78 is 7.04. The third kappa shape index (κ3) is 6.33. The summed E-state index contributed by atoms with van der Waals surface area (Å²) in [5.41, 5.74) is 4.14. The summed E-state index contributed by atoms with van der Waals surface area (Å²) in [5, 5.41) is 6.60. The minimum atomic E-state index is -0.387. The monoisotopic (exact) mass is 493 g/mol. The lowest BCUT2D eigenvalue weighted by Crippen LogP contribution is -2.18. The SMILES string of the molecule is C=CCOc1c(Br)cc(/C=N\NC(=O)c2cccc(NC(C)=O)c2)cc1Br. The molecule has 0 spiro atoms. The lowest BCUT2D eigenvalue weighted by atomic mass is 10.2. The van der Waals surface area contributed by atoms with Gasteiger partial charge in [0.15, 0.2) is 0 Å². The van der Waals surface area contributed by atoms with Crippen molar-refractivity contribution in [2.75, 3.05) is 11.9 Å². The Kier molecular flexibility index (Phi) is 7.75. The third-order valence-electron chi connectivity index (χ3n) is 3.19. The van der Waals surface area contributed by atoms with Gasteiger partial charge < -0.3 is 10.1 Å². The number of halogens is 2. The number of nitrogens with one attached hydrogen (secondary N) is 2. The van der Waals surface area contributed by atoms with Gasteiger partial charge in [-0.25, -0.2) is 5.43 Å². The molecule has 0 aromatic heterocycles. The first-order chi connectivity index (χ1) is 12.9. The summed E-state index contributed by atoms with van der Waals surface area (Å²) in [4.78, 5) is 23.3. The predicted octanol–water partition coefficient (Wildman–Crippen LogP) is 4.50. The molecule has 0 radical (unpaired) electrons. The molecule has 0 saturated carbocycles. The number of nitrogens with zero attached hydrogens (tertiary/aromatic N) is 1. The third-order valence-corrected chi connectivity index (χ3v) is 4.37. The van der Waals surface area contributed by atoms with Gasteiger partial charge in [-0.3, -0.25) is 9.59 Å². The minimum absolute atomic E-state index is 0.206. The molecular weight excluding hydrogens is 478 g/mol. The van der Waals surface area contributed by atoms with Crippen LogP contribution < -0.4 is 15.5 Å². The van der Waals surface area contributed by atoms with Crippen LogP contribution in [0.5, 0.6) is 5.75 Å². The van der Waals surface area contributed by atoms with E-state index in [0.717, 1.165) is 14.5 Å². The van der Waals surface area contributed by atoms with Crippen molar-refractivity contribution >= 4 is 55.6 Å². The van der Waals surface area contributed by atoms with E-state index in [2.05, 4.69) is 54.3 Å². The van der Waals surface area contributed by atoms with Crippen LogP contribution in [0.2, 0.25) is 0 Å². The van der Waals surface area contributed by atoms with E-state index in [1.54, 1.807) is 30.3 Å². The Morgan fingerprint density at radius 2 is 1.93 bits per heavy atom. The summed E-state index contributed by atoms with van der Waals surface area (Å²) >= 11 is 6.88. The largest absolute Gasteiger partial charge is 0.487 e. The van der Waals surface area contributed by atoms with Crippen molar-refractivity contribution in [2.45, 2.75) is 6.92 Å². The Labute approximate surface area is 173 Å². The predicted molar refractivity (Wildman–Crippen MR) is 113 cm³/mol. The highest BCUT2D eigenvalue weighted by molar-refractivity contribution is 9.11. The van der Waals surface area contributed by atoms with Crippen molar-refractivity contribution in [3.8, 4) is 5.75 Å². The number of benzene rings is 2. The van der Waals surface area contributed by atoms with Crippen molar-refractivity contribution in [2.24, 2.45) is 5.10 Å². The first-order valence-electron chi connectivity index (χ1n) is 7.84. The van der Waals surface area contributed by atoms with Crippen LogP contribution in [0, 0.1) is 0 Å². The number of hydrazone groups is 1. The zero-order valence-corrected chi connectivity index (χ0v) is 17.6. The molecule has 0 bridgehead atoms. The van der Waals surface area contributed by atoms with Crippen molar-refractivity contribution in [1.29, 1.82) is 0 Å². The Morgan fingerprint density at radius 1 is 1.22 bits per heavy atom. The Hall–Kier alpha value is -2.45. The molecule has 6 nitrogen and oxygen atoms in total. The van der Waals surface area contributed by atoms with Crippen molar-refractivity contribution in [1.82, 2.24) is 5.43 Å². The van der Waals surface area contributed by atoms with Gasteiger partial charge in [-0.15, -0.1) is 0 Å². The molecule has 2 amide bonds. The Balaban J connectivity index is 2.05. The lowest BCUT2D eigenvalue weighted by Gasteiger charge is -2.09. The van der Waals surface area contributed by atoms with Crippen LogP contribution in [-0.2, 0) is 4.79 Å². The Bertz CT molecular complexity index is 875. The molecule has 0 fully saturated rings. The molecule has 140 valence electrons. The highest BCUT2D eigenvalue weighted by Gasteiger charge is 2.09. The molecule has 2 N–H and O–H groups in total. The van der Waals surface area contributed by atoms with Crippen molar-refractivity contribution in [3.63, 3.8) is 0 Å². The second kappa shape index (κ2) is 10.0. The maximum absolute atomic E-state index is 12.2. The molecule has 0 unspecified atom stereocenters. The summed E-state index contributed by atoms with van der Waals surface area (Å²) in [6, 6.07) is 10.2. The van der Waals surface area contributed by atoms with Gasteiger partial charge in [0.2, 0.25) is 5.91 Å². The van der Waals surface area contributed by atoms with E-state index in [-0.39, 0.29) is 11.8 Å². The second-order valence-corrected chi connectivity index (χ2v) is 7.08. The van der Waals surface area contributed by atoms with E-state index in [4.69, 9.17) is 4.74 Å². The van der Waals surface area contributed by atoms with E-state index in [9.17, 15) is 9.59 Å². The minimum Gasteiger partial charge on any atom is -0.487 e. The van der Waals surface area contributed by atoms with Gasteiger partial charge in [-0.05, 0) is 67.8 Å². The number of carbonyl (C=O) groups is 2. The molecule has 0 atom stereocenters. The fourth-order valence-electron chi connectivity index (χ4n) is 2.11. The molecule has 0 aliphatic heterocycles. The van der Waals surface area contributed by atoms with E-state index in [1.807, 2.05) is 12.1 Å². The van der Waals surface area contributed by atoms with Gasteiger partial charge in [-0.2, -0.15) is 5.10 Å². The molecule has 0 heterocycles. The number of anilines is 1. The fourth-order valence-corrected chi connectivity index (χ4v) is 3.56. The van der Waals surface area contributed by atoms with E-state index in [0.29, 0.717) is 23.6 Å². The highest BCUT2D eigenvalue weighted by atomic mass is 79.9. The van der Waals surface area contributed by atoms with Crippen LogP contribution in [0.15, 0.2) is 63.1 Å². The standard InChI is InChI=1S/C19H17Br2N3O3/c1-3-7-27-18-16(20)8-13(9-17(18)21)11-22-24-19(26)14-5-4-6-15(10-14)23-12(2)25/h3-6,8-11H,1,7H2,2H3,(H,23,25)(H,24,26)/b22-11-. The van der Waals surface area contributed by atoms with Crippen LogP contribution in [0.4, 0.5) is 5.69 Å². The molecule has 0 saturated heterocycles. The van der Waals surface area contributed by atoms with Crippen LogP contribution in [-0.4, -0.2) is 24.6 Å². The van der Waals surface area contributed by atoms with Crippen LogP contribution in [0.1, 0.15) is 22.8 Å². The normalized spacial score (nSPS) is 10.5. The highest BCUT2D eigenvalue weighted by Crippen LogP contribution is 2.34. The molecule has 2 aromatic carbocycles. The van der Waals surface area contributed by atoms with Crippen molar-refractivity contribution < 1.29 is 14.3 Å². The number of rotatable bonds is 7. The maximum Gasteiger partial charge on any atom is 0.271 e. The maximum atomic E-state index is 12.2. The fraction of sp³-hybridized carbons (Fsp3) is 0.105. The van der Waals surface area contributed by atoms with Gasteiger partial charge in [0, 0.05) is 18.2 Å². The summed E-state index contributed by atoms with van der Waals surface area (Å²) in [6.07, 6.45) is 3.17. The number of amides is 2. The number of hydrogen-bond acceptors (Lipinski definition) is 4. The molecule has 2 rings (SSSR count). The quantitative estimate of drug-likeness (QED) is 0.338. The first kappa shape index (κ1) is 20.9. The summed E-state index contributed by atoms with van der Waals surface area (Å²) in [5.74, 6) is 0.0654. The van der Waals surface area contributed by atoms with E-state index < -0.39 is 0 Å². The first-order valence-corrected chi connectivity index (χ1v) is 9.43. The van der Waals surface area contributed by atoms with E-state index >= 15 is 0 Å².